The Labute approximate surface area is 87.7 Å². The molecular weight excluding hydrogens is 172 g/mol. The molecule has 0 aliphatic heterocycles. The van der Waals surface area contributed by atoms with Gasteiger partial charge in [0.1, 0.15) is 0 Å². The van der Waals surface area contributed by atoms with Gasteiger partial charge < -0.3 is 5.32 Å². The molecule has 2 nitrogen and oxygen atoms in total. The normalized spacial score (nSPS) is 21.1. The molecule has 1 aliphatic carbocycles. The van der Waals surface area contributed by atoms with E-state index >= 15 is 0 Å². The average molecular weight is 194 g/mol. The topological polar surface area (TPSA) is 35.8 Å². The van der Waals surface area contributed by atoms with Crippen molar-refractivity contribution in [2.24, 2.45) is 11.8 Å². The molecule has 0 aromatic heterocycles. The molecule has 2 heteroatoms. The van der Waals surface area contributed by atoms with Gasteiger partial charge in [0.2, 0.25) is 0 Å². The molecule has 0 heterocycles. The predicted octanol–water partition coefficient (Wildman–Crippen LogP) is 2.71. The molecule has 0 amide bonds. The Hall–Kier alpha value is -0.550. The number of nitrogens with zero attached hydrogens (tertiary/aromatic N) is 1. The van der Waals surface area contributed by atoms with Crippen LogP contribution in [0.4, 0.5) is 0 Å². The Morgan fingerprint density at radius 2 is 1.93 bits per heavy atom. The monoisotopic (exact) mass is 194 g/mol. The van der Waals surface area contributed by atoms with Crippen molar-refractivity contribution in [3.05, 3.63) is 0 Å². The van der Waals surface area contributed by atoms with Gasteiger partial charge in [0.15, 0.2) is 0 Å². The fraction of sp³-hybridized carbons (Fsp3) is 0.917. The molecule has 1 atom stereocenters. The van der Waals surface area contributed by atoms with Crippen LogP contribution in [0.15, 0.2) is 0 Å². The maximum Gasteiger partial charge on any atom is 0.0666 e. The van der Waals surface area contributed by atoms with E-state index in [-0.39, 0.29) is 5.92 Å². The predicted molar refractivity (Wildman–Crippen MR) is 58.8 cm³/mol. The van der Waals surface area contributed by atoms with E-state index in [2.05, 4.69) is 11.4 Å². The molecule has 14 heavy (non-hydrogen) atoms. The van der Waals surface area contributed by atoms with Gasteiger partial charge in [-0.15, -0.1) is 0 Å². The van der Waals surface area contributed by atoms with E-state index in [1.54, 1.807) is 0 Å². The minimum Gasteiger partial charge on any atom is -0.315 e. The second-order valence-corrected chi connectivity index (χ2v) is 4.55. The summed E-state index contributed by atoms with van der Waals surface area (Å²) < 4.78 is 0. The molecule has 1 fully saturated rings. The van der Waals surface area contributed by atoms with Gasteiger partial charge in [0, 0.05) is 6.54 Å². The minimum absolute atomic E-state index is 0.153. The van der Waals surface area contributed by atoms with Gasteiger partial charge in [-0.1, -0.05) is 25.7 Å². The van der Waals surface area contributed by atoms with Crippen LogP contribution >= 0.6 is 0 Å². The van der Waals surface area contributed by atoms with E-state index in [9.17, 15) is 0 Å². The van der Waals surface area contributed by atoms with Crippen LogP contribution in [-0.2, 0) is 0 Å². The van der Waals surface area contributed by atoms with Crippen LogP contribution in [0.2, 0.25) is 0 Å². The molecule has 0 aromatic carbocycles. The first kappa shape index (κ1) is 11.5. The fourth-order valence-electron chi connectivity index (χ4n) is 2.12. The first-order valence-corrected chi connectivity index (χ1v) is 5.93. The second-order valence-electron chi connectivity index (χ2n) is 4.55. The van der Waals surface area contributed by atoms with E-state index < -0.39 is 0 Å². The average Bonchev–Trinajstić information content (AvgIpc) is 2.46. The first-order chi connectivity index (χ1) is 6.83. The lowest BCUT2D eigenvalue weighted by Crippen LogP contribution is -2.26. The van der Waals surface area contributed by atoms with Gasteiger partial charge in [0.05, 0.1) is 12.0 Å². The van der Waals surface area contributed by atoms with Crippen LogP contribution in [0.1, 0.15) is 45.4 Å². The van der Waals surface area contributed by atoms with Gasteiger partial charge in [-0.2, -0.15) is 5.26 Å². The maximum absolute atomic E-state index is 8.63. The third-order valence-corrected chi connectivity index (χ3v) is 3.08. The molecule has 1 aliphatic rings. The number of hydrogen-bond donors (Lipinski definition) is 1. The summed E-state index contributed by atoms with van der Waals surface area (Å²) in [6, 6.07) is 2.25. The highest BCUT2D eigenvalue weighted by Gasteiger charge is 2.11. The molecule has 1 N–H and O–H groups in total. The number of nitriles is 1. The summed E-state index contributed by atoms with van der Waals surface area (Å²) in [5.41, 5.74) is 0. The van der Waals surface area contributed by atoms with Crippen LogP contribution in [0, 0.1) is 23.2 Å². The lowest BCUT2D eigenvalue weighted by molar-refractivity contribution is 0.417. The van der Waals surface area contributed by atoms with Crippen LogP contribution in [-0.4, -0.2) is 13.1 Å². The molecule has 0 radical (unpaired) electrons. The van der Waals surface area contributed by atoms with Crippen LogP contribution < -0.4 is 5.32 Å². The van der Waals surface area contributed by atoms with E-state index in [0.717, 1.165) is 19.0 Å². The zero-order valence-electron chi connectivity index (χ0n) is 9.26. The van der Waals surface area contributed by atoms with Crippen molar-refractivity contribution in [1.29, 1.82) is 5.26 Å². The molecular formula is C12H22N2. The Morgan fingerprint density at radius 1 is 1.29 bits per heavy atom. The summed E-state index contributed by atoms with van der Waals surface area (Å²) in [7, 11) is 0. The standard InChI is InChI=1S/C12H22N2/c1-11(8-13)9-14-10-12-6-4-2-3-5-7-12/h11-12,14H,2-7,9-10H2,1H3. The Kier molecular flexibility index (Phi) is 5.63. The Morgan fingerprint density at radius 3 is 2.50 bits per heavy atom. The molecule has 1 rings (SSSR count). The second kappa shape index (κ2) is 6.84. The minimum atomic E-state index is 0.153. The first-order valence-electron chi connectivity index (χ1n) is 5.93. The largest absolute Gasteiger partial charge is 0.315 e. The van der Waals surface area contributed by atoms with Gasteiger partial charge in [-0.3, -0.25) is 0 Å². The summed E-state index contributed by atoms with van der Waals surface area (Å²) in [6.45, 7) is 3.94. The van der Waals surface area contributed by atoms with Crippen molar-refractivity contribution in [2.45, 2.75) is 45.4 Å². The summed E-state index contributed by atoms with van der Waals surface area (Å²) in [4.78, 5) is 0. The van der Waals surface area contributed by atoms with Crippen LogP contribution in [0.3, 0.4) is 0 Å². The zero-order valence-corrected chi connectivity index (χ0v) is 9.26. The summed E-state index contributed by atoms with van der Waals surface area (Å²) >= 11 is 0. The van der Waals surface area contributed by atoms with Crippen LogP contribution in [0.5, 0.6) is 0 Å². The van der Waals surface area contributed by atoms with Gasteiger partial charge in [-0.05, 0) is 32.2 Å². The molecule has 0 saturated heterocycles. The lowest BCUT2D eigenvalue weighted by atomic mass is 10.0. The van der Waals surface area contributed by atoms with Gasteiger partial charge in [0.25, 0.3) is 0 Å². The van der Waals surface area contributed by atoms with Crippen molar-refractivity contribution >= 4 is 0 Å². The summed E-state index contributed by atoms with van der Waals surface area (Å²) in [5, 5.41) is 12.0. The number of nitrogens with one attached hydrogen (secondary N) is 1. The molecule has 1 saturated carbocycles. The van der Waals surface area contributed by atoms with Crippen molar-refractivity contribution < 1.29 is 0 Å². The van der Waals surface area contributed by atoms with E-state index in [4.69, 9.17) is 5.26 Å². The van der Waals surface area contributed by atoms with E-state index in [1.807, 2.05) is 6.92 Å². The van der Waals surface area contributed by atoms with Crippen molar-refractivity contribution in [1.82, 2.24) is 5.32 Å². The fourth-order valence-corrected chi connectivity index (χ4v) is 2.12. The zero-order chi connectivity index (χ0) is 10.2. The van der Waals surface area contributed by atoms with E-state index in [1.165, 1.54) is 38.5 Å². The molecule has 80 valence electrons. The molecule has 0 spiro atoms. The van der Waals surface area contributed by atoms with Crippen molar-refractivity contribution in [2.75, 3.05) is 13.1 Å². The van der Waals surface area contributed by atoms with E-state index in [0.29, 0.717) is 0 Å². The molecule has 0 aromatic rings. The number of hydrogen-bond acceptors (Lipinski definition) is 2. The Balaban J connectivity index is 2.08. The van der Waals surface area contributed by atoms with Gasteiger partial charge in [-0.25, -0.2) is 0 Å². The third kappa shape index (κ3) is 4.62. The smallest absolute Gasteiger partial charge is 0.0666 e. The van der Waals surface area contributed by atoms with Crippen molar-refractivity contribution in [3.63, 3.8) is 0 Å². The highest BCUT2D eigenvalue weighted by Crippen LogP contribution is 2.21. The quantitative estimate of drug-likeness (QED) is 0.698. The highest BCUT2D eigenvalue weighted by atomic mass is 14.9. The molecule has 0 bridgehead atoms. The van der Waals surface area contributed by atoms with Gasteiger partial charge >= 0.3 is 0 Å². The highest BCUT2D eigenvalue weighted by molar-refractivity contribution is 4.80. The molecule has 1 unspecified atom stereocenters. The van der Waals surface area contributed by atoms with Crippen LogP contribution in [0.25, 0.3) is 0 Å². The maximum atomic E-state index is 8.63. The summed E-state index contributed by atoms with van der Waals surface area (Å²) in [5.74, 6) is 1.02. The SMILES string of the molecule is CC(C#N)CNCC1CCCCCC1. The van der Waals surface area contributed by atoms with Crippen molar-refractivity contribution in [3.8, 4) is 6.07 Å². The number of rotatable bonds is 4. The lowest BCUT2D eigenvalue weighted by Gasteiger charge is -2.15. The third-order valence-electron chi connectivity index (χ3n) is 3.08. The summed E-state index contributed by atoms with van der Waals surface area (Å²) in [6.07, 6.45) is 8.42. The Bertz CT molecular complexity index is 175.